The fourth-order valence-corrected chi connectivity index (χ4v) is 3.07. The number of hydrogen-bond donors (Lipinski definition) is 1. The van der Waals surface area contributed by atoms with Crippen LogP contribution in [0.2, 0.25) is 0 Å². The Morgan fingerprint density at radius 1 is 1.24 bits per heavy atom. The van der Waals surface area contributed by atoms with E-state index in [-0.39, 0.29) is 17.2 Å². The monoisotopic (exact) mass is 289 g/mol. The Morgan fingerprint density at radius 3 is 2.38 bits per heavy atom. The van der Waals surface area contributed by atoms with Gasteiger partial charge in [0.25, 0.3) is 0 Å². The maximum atomic E-state index is 12.3. The van der Waals surface area contributed by atoms with Crippen LogP contribution in [-0.4, -0.2) is 34.6 Å². The van der Waals surface area contributed by atoms with E-state index in [4.69, 9.17) is 0 Å². The molecular formula is C18H27NO2. The van der Waals surface area contributed by atoms with Crippen LogP contribution in [0.1, 0.15) is 52.0 Å². The Balaban J connectivity index is 2.11. The fraction of sp³-hybridized carbons (Fsp3) is 0.611. The maximum absolute atomic E-state index is 12.3. The van der Waals surface area contributed by atoms with Gasteiger partial charge >= 0.3 is 0 Å². The third-order valence-corrected chi connectivity index (χ3v) is 4.92. The summed E-state index contributed by atoms with van der Waals surface area (Å²) in [6, 6.07) is 10.2. The summed E-state index contributed by atoms with van der Waals surface area (Å²) >= 11 is 0. The molecule has 21 heavy (non-hydrogen) atoms. The van der Waals surface area contributed by atoms with E-state index in [0.717, 1.165) is 0 Å². The van der Waals surface area contributed by atoms with Crippen molar-refractivity contribution in [2.75, 3.05) is 13.1 Å². The van der Waals surface area contributed by atoms with Crippen LogP contribution in [-0.2, 0) is 4.79 Å². The molecule has 3 nitrogen and oxygen atoms in total. The summed E-state index contributed by atoms with van der Waals surface area (Å²) in [7, 11) is 0. The first kappa shape index (κ1) is 16.0. The minimum absolute atomic E-state index is 0.153. The van der Waals surface area contributed by atoms with Crippen molar-refractivity contribution in [1.82, 2.24) is 4.90 Å². The van der Waals surface area contributed by atoms with Crippen LogP contribution < -0.4 is 0 Å². The molecule has 116 valence electrons. The lowest BCUT2D eigenvalue weighted by Crippen LogP contribution is -2.51. The summed E-state index contributed by atoms with van der Waals surface area (Å²) in [5, 5.41) is 10.9. The number of nitrogens with zero attached hydrogens (tertiary/aromatic N) is 1. The van der Waals surface area contributed by atoms with Gasteiger partial charge in [-0.05, 0) is 17.4 Å². The lowest BCUT2D eigenvalue weighted by atomic mass is 9.74. The SMILES string of the molecule is CC[C@@](O)(CN1C[C@@H](c2ccccc2)CC1=O)C(C)(C)C. The lowest BCUT2D eigenvalue weighted by Gasteiger charge is -2.42. The molecule has 1 N–H and O–H groups in total. The summed E-state index contributed by atoms with van der Waals surface area (Å²) in [6.07, 6.45) is 1.20. The van der Waals surface area contributed by atoms with Gasteiger partial charge in [0.2, 0.25) is 5.91 Å². The van der Waals surface area contributed by atoms with Gasteiger partial charge in [-0.15, -0.1) is 0 Å². The summed E-state index contributed by atoms with van der Waals surface area (Å²) in [6.45, 7) is 9.22. The average molecular weight is 289 g/mol. The smallest absolute Gasteiger partial charge is 0.223 e. The van der Waals surface area contributed by atoms with Gasteiger partial charge in [-0.25, -0.2) is 0 Å². The average Bonchev–Trinajstić information content (AvgIpc) is 2.79. The molecule has 0 spiro atoms. The van der Waals surface area contributed by atoms with Gasteiger partial charge in [0.15, 0.2) is 0 Å². The molecule has 2 atom stereocenters. The Hall–Kier alpha value is -1.35. The Kier molecular flexibility index (Phi) is 4.43. The van der Waals surface area contributed by atoms with Gasteiger partial charge in [-0.1, -0.05) is 58.0 Å². The van der Waals surface area contributed by atoms with Crippen molar-refractivity contribution >= 4 is 5.91 Å². The van der Waals surface area contributed by atoms with Gasteiger partial charge in [-0.2, -0.15) is 0 Å². The zero-order valence-corrected chi connectivity index (χ0v) is 13.6. The molecule has 1 saturated heterocycles. The highest BCUT2D eigenvalue weighted by Gasteiger charge is 2.43. The molecule has 1 aromatic carbocycles. The summed E-state index contributed by atoms with van der Waals surface area (Å²) in [5.74, 6) is 0.403. The molecule has 0 aromatic heterocycles. The topological polar surface area (TPSA) is 40.5 Å². The number of carbonyl (C=O) groups is 1. The van der Waals surface area contributed by atoms with Gasteiger partial charge in [0, 0.05) is 25.4 Å². The highest BCUT2D eigenvalue weighted by Crippen LogP contribution is 2.36. The van der Waals surface area contributed by atoms with Crippen molar-refractivity contribution in [1.29, 1.82) is 0 Å². The van der Waals surface area contributed by atoms with E-state index < -0.39 is 5.60 Å². The van der Waals surface area contributed by atoms with E-state index in [2.05, 4.69) is 12.1 Å². The zero-order valence-electron chi connectivity index (χ0n) is 13.6. The number of likely N-dealkylation sites (tertiary alicyclic amines) is 1. The molecule has 1 amide bonds. The van der Waals surface area contributed by atoms with Crippen molar-refractivity contribution in [3.63, 3.8) is 0 Å². The third-order valence-electron chi connectivity index (χ3n) is 4.92. The van der Waals surface area contributed by atoms with E-state index >= 15 is 0 Å². The van der Waals surface area contributed by atoms with Gasteiger partial charge < -0.3 is 10.0 Å². The molecule has 1 aliphatic heterocycles. The van der Waals surface area contributed by atoms with Crippen LogP contribution in [0, 0.1) is 5.41 Å². The number of amides is 1. The van der Waals surface area contributed by atoms with Crippen LogP contribution in [0.25, 0.3) is 0 Å². The van der Waals surface area contributed by atoms with Gasteiger partial charge in [0.1, 0.15) is 0 Å². The Labute approximate surface area is 128 Å². The predicted octanol–water partition coefficient (Wildman–Crippen LogP) is 3.19. The molecule has 0 saturated carbocycles. The highest BCUT2D eigenvalue weighted by molar-refractivity contribution is 5.79. The first-order chi connectivity index (χ1) is 9.77. The van der Waals surface area contributed by atoms with Crippen molar-refractivity contribution in [2.45, 2.75) is 52.1 Å². The van der Waals surface area contributed by atoms with E-state index in [0.29, 0.717) is 25.9 Å². The van der Waals surface area contributed by atoms with Crippen LogP contribution in [0.5, 0.6) is 0 Å². The summed E-state index contributed by atoms with van der Waals surface area (Å²) in [5.41, 5.74) is 0.130. The normalized spacial score (nSPS) is 22.4. The largest absolute Gasteiger partial charge is 0.388 e. The highest BCUT2D eigenvalue weighted by atomic mass is 16.3. The standard InChI is InChI=1S/C18H27NO2/c1-5-18(21,17(2,3)4)13-19-12-15(11-16(19)20)14-9-7-6-8-10-14/h6-10,15,21H,5,11-13H2,1-4H3/t15-,18+/m0/s1. The van der Waals surface area contributed by atoms with Gasteiger partial charge in [0.05, 0.1) is 5.60 Å². The maximum Gasteiger partial charge on any atom is 0.223 e. The molecule has 0 radical (unpaired) electrons. The quantitative estimate of drug-likeness (QED) is 0.924. The summed E-state index contributed by atoms with van der Waals surface area (Å²) in [4.78, 5) is 14.1. The van der Waals surface area contributed by atoms with Crippen molar-refractivity contribution in [3.05, 3.63) is 35.9 Å². The molecule has 3 heteroatoms. The molecule has 1 aliphatic rings. The Bertz CT molecular complexity index is 492. The molecule has 2 rings (SSSR count). The minimum atomic E-state index is -0.839. The molecule has 1 aromatic rings. The predicted molar refractivity (Wildman–Crippen MR) is 85.1 cm³/mol. The molecule has 0 aliphatic carbocycles. The third kappa shape index (κ3) is 3.29. The molecule has 1 heterocycles. The number of benzene rings is 1. The second-order valence-electron chi connectivity index (χ2n) is 7.22. The van der Waals surface area contributed by atoms with Crippen LogP contribution >= 0.6 is 0 Å². The number of hydrogen-bond acceptors (Lipinski definition) is 2. The zero-order chi connectivity index (χ0) is 15.7. The van der Waals surface area contributed by atoms with Crippen LogP contribution in [0.3, 0.4) is 0 Å². The first-order valence-electron chi connectivity index (χ1n) is 7.82. The minimum Gasteiger partial charge on any atom is -0.388 e. The van der Waals surface area contributed by atoms with E-state index in [1.807, 2.05) is 50.8 Å². The Morgan fingerprint density at radius 2 is 1.86 bits per heavy atom. The van der Waals surface area contributed by atoms with Crippen LogP contribution in [0.4, 0.5) is 0 Å². The fourth-order valence-electron chi connectivity index (χ4n) is 3.07. The molecule has 0 bridgehead atoms. The van der Waals surface area contributed by atoms with Gasteiger partial charge in [-0.3, -0.25) is 4.79 Å². The lowest BCUT2D eigenvalue weighted by molar-refractivity contribution is -0.135. The molecule has 1 fully saturated rings. The van der Waals surface area contributed by atoms with Crippen molar-refractivity contribution in [3.8, 4) is 0 Å². The molecule has 0 unspecified atom stereocenters. The number of β-amino-alcohol motifs (C(OH)–C–C–N with tert-alkyl or cyclic N) is 1. The van der Waals surface area contributed by atoms with E-state index in [9.17, 15) is 9.90 Å². The van der Waals surface area contributed by atoms with E-state index in [1.54, 1.807) is 0 Å². The van der Waals surface area contributed by atoms with Crippen molar-refractivity contribution in [2.24, 2.45) is 5.41 Å². The second kappa shape index (κ2) is 5.80. The van der Waals surface area contributed by atoms with E-state index in [1.165, 1.54) is 5.56 Å². The molecular weight excluding hydrogens is 262 g/mol. The van der Waals surface area contributed by atoms with Crippen LogP contribution in [0.15, 0.2) is 30.3 Å². The summed E-state index contributed by atoms with van der Waals surface area (Å²) < 4.78 is 0. The first-order valence-corrected chi connectivity index (χ1v) is 7.82. The number of carbonyl (C=O) groups excluding carboxylic acids is 1. The van der Waals surface area contributed by atoms with Crippen molar-refractivity contribution < 1.29 is 9.90 Å². The second-order valence-corrected chi connectivity index (χ2v) is 7.22. The number of aliphatic hydroxyl groups is 1. The number of rotatable bonds is 4.